The second kappa shape index (κ2) is 4.00. The minimum atomic E-state index is -3.50. The first-order valence-corrected chi connectivity index (χ1v) is 4.17. The molecule has 0 saturated carbocycles. The van der Waals surface area contributed by atoms with Gasteiger partial charge >= 0.3 is 11.9 Å². The zero-order valence-electron chi connectivity index (χ0n) is 7.39. The molecule has 1 saturated heterocycles. The molecule has 0 aromatic carbocycles. The maximum Gasteiger partial charge on any atom is 0.379 e. The summed E-state index contributed by atoms with van der Waals surface area (Å²) >= 11 is 0. The van der Waals surface area contributed by atoms with Crippen molar-refractivity contribution in [1.82, 2.24) is 0 Å². The van der Waals surface area contributed by atoms with E-state index in [2.05, 4.69) is 4.74 Å². The fourth-order valence-electron chi connectivity index (χ4n) is 1.29. The first kappa shape index (κ1) is 10.4. The molecule has 1 aliphatic rings. The van der Waals surface area contributed by atoms with Crippen molar-refractivity contribution in [3.05, 3.63) is 0 Å². The fraction of sp³-hybridized carbons (Fsp3) is 0.875. The first-order chi connectivity index (χ1) is 6.09. The minimum Gasteiger partial charge on any atom is -0.465 e. The number of ether oxygens (including phenoxy) is 2. The molecular weight excluding hydrogens is 182 g/mol. The molecular formula is C8H12F2O3. The lowest BCUT2D eigenvalue weighted by Crippen LogP contribution is -2.45. The average molecular weight is 194 g/mol. The third-order valence-corrected chi connectivity index (χ3v) is 2.04. The Labute approximate surface area is 75.0 Å². The molecule has 13 heavy (non-hydrogen) atoms. The van der Waals surface area contributed by atoms with Gasteiger partial charge in [0.15, 0.2) is 0 Å². The quantitative estimate of drug-likeness (QED) is 0.623. The zero-order chi connectivity index (χ0) is 9.90. The molecule has 0 spiro atoms. The summed E-state index contributed by atoms with van der Waals surface area (Å²) in [6.07, 6.45) is 0.335. The van der Waals surface area contributed by atoms with Gasteiger partial charge in [-0.3, -0.25) is 0 Å². The van der Waals surface area contributed by atoms with Crippen LogP contribution in [0, 0.1) is 0 Å². The Morgan fingerprint density at radius 3 is 2.69 bits per heavy atom. The third kappa shape index (κ3) is 2.15. The van der Waals surface area contributed by atoms with Crippen molar-refractivity contribution >= 4 is 5.97 Å². The summed E-state index contributed by atoms with van der Waals surface area (Å²) < 4.78 is 35.0. The van der Waals surface area contributed by atoms with Crippen LogP contribution in [0.5, 0.6) is 0 Å². The van der Waals surface area contributed by atoms with Crippen molar-refractivity contribution in [2.75, 3.05) is 13.7 Å². The number of methoxy groups -OCH3 is 1. The van der Waals surface area contributed by atoms with Gasteiger partial charge in [-0.1, -0.05) is 0 Å². The molecule has 1 aliphatic heterocycles. The molecule has 76 valence electrons. The number of halogens is 2. The lowest BCUT2D eigenvalue weighted by Gasteiger charge is -2.27. The first-order valence-electron chi connectivity index (χ1n) is 4.17. The summed E-state index contributed by atoms with van der Waals surface area (Å²) in [5, 5.41) is 0. The van der Waals surface area contributed by atoms with Crippen molar-refractivity contribution in [1.29, 1.82) is 0 Å². The predicted octanol–water partition coefficient (Wildman–Crippen LogP) is 1.36. The third-order valence-electron chi connectivity index (χ3n) is 2.04. The summed E-state index contributed by atoms with van der Waals surface area (Å²) in [6, 6.07) is 0. The van der Waals surface area contributed by atoms with Crippen LogP contribution < -0.4 is 0 Å². The van der Waals surface area contributed by atoms with Crippen molar-refractivity contribution < 1.29 is 23.0 Å². The van der Waals surface area contributed by atoms with E-state index in [9.17, 15) is 13.6 Å². The second-order valence-corrected chi connectivity index (χ2v) is 2.97. The maximum absolute atomic E-state index is 13.1. The second-order valence-electron chi connectivity index (χ2n) is 2.97. The maximum atomic E-state index is 13.1. The van der Waals surface area contributed by atoms with Gasteiger partial charge in [0.05, 0.1) is 7.11 Å². The number of alkyl halides is 2. The van der Waals surface area contributed by atoms with Gasteiger partial charge in [-0.25, -0.2) is 4.79 Å². The Hall–Kier alpha value is -0.710. The van der Waals surface area contributed by atoms with Gasteiger partial charge in [0.1, 0.15) is 6.10 Å². The van der Waals surface area contributed by atoms with E-state index in [0.717, 1.165) is 13.5 Å². The minimum absolute atomic E-state index is 0.210. The van der Waals surface area contributed by atoms with E-state index in [-0.39, 0.29) is 13.0 Å². The van der Waals surface area contributed by atoms with Crippen LogP contribution in [0.2, 0.25) is 0 Å². The van der Waals surface area contributed by atoms with Gasteiger partial charge in [0.2, 0.25) is 0 Å². The van der Waals surface area contributed by atoms with E-state index < -0.39 is 18.0 Å². The molecule has 0 amide bonds. The van der Waals surface area contributed by atoms with E-state index in [4.69, 9.17) is 4.74 Å². The number of esters is 1. The molecule has 0 radical (unpaired) electrons. The standard InChI is InChI=1S/C8H12F2O3/c1-12-7(11)8(9,10)6-4-2-3-5-13-6/h6H,2-5H2,1H3. The highest BCUT2D eigenvalue weighted by Gasteiger charge is 2.49. The lowest BCUT2D eigenvalue weighted by atomic mass is 10.0. The van der Waals surface area contributed by atoms with Crippen LogP contribution in [0.1, 0.15) is 19.3 Å². The highest BCUT2D eigenvalue weighted by Crippen LogP contribution is 2.29. The van der Waals surface area contributed by atoms with E-state index in [1.807, 2.05) is 0 Å². The average Bonchev–Trinajstić information content (AvgIpc) is 2.18. The van der Waals surface area contributed by atoms with E-state index in [1.54, 1.807) is 0 Å². The Kier molecular flexibility index (Phi) is 3.19. The molecule has 1 atom stereocenters. The topological polar surface area (TPSA) is 35.5 Å². The van der Waals surface area contributed by atoms with Crippen molar-refractivity contribution in [3.63, 3.8) is 0 Å². The summed E-state index contributed by atoms with van der Waals surface area (Å²) in [6.45, 7) is 0.289. The van der Waals surface area contributed by atoms with Crippen LogP contribution in [0.25, 0.3) is 0 Å². The Bertz CT molecular complexity index is 188. The van der Waals surface area contributed by atoms with Gasteiger partial charge in [-0.05, 0) is 19.3 Å². The van der Waals surface area contributed by atoms with Crippen molar-refractivity contribution in [2.24, 2.45) is 0 Å². The summed E-state index contributed by atoms with van der Waals surface area (Å²) in [4.78, 5) is 10.7. The molecule has 1 fully saturated rings. The number of carbonyl (C=O) groups is 1. The summed E-state index contributed by atoms with van der Waals surface area (Å²) in [5.41, 5.74) is 0. The van der Waals surface area contributed by atoms with Crippen LogP contribution in [0.4, 0.5) is 8.78 Å². The SMILES string of the molecule is COC(=O)C(F)(F)C1CCCCO1. The molecule has 0 aliphatic carbocycles. The normalized spacial score (nSPS) is 24.1. The number of hydrogen-bond acceptors (Lipinski definition) is 3. The van der Waals surface area contributed by atoms with Crippen LogP contribution in [0.3, 0.4) is 0 Å². The molecule has 5 heteroatoms. The number of carbonyl (C=O) groups excluding carboxylic acids is 1. The van der Waals surface area contributed by atoms with E-state index >= 15 is 0 Å². The molecule has 0 aromatic rings. The number of rotatable bonds is 2. The Morgan fingerprint density at radius 2 is 2.23 bits per heavy atom. The highest BCUT2D eigenvalue weighted by atomic mass is 19.3. The monoisotopic (exact) mass is 194 g/mol. The molecule has 1 heterocycles. The Balaban J connectivity index is 2.60. The summed E-state index contributed by atoms with van der Waals surface area (Å²) in [7, 11) is 0.944. The van der Waals surface area contributed by atoms with Gasteiger partial charge < -0.3 is 9.47 Å². The van der Waals surface area contributed by atoms with E-state index in [0.29, 0.717) is 6.42 Å². The molecule has 3 nitrogen and oxygen atoms in total. The van der Waals surface area contributed by atoms with Crippen molar-refractivity contribution in [3.8, 4) is 0 Å². The van der Waals surface area contributed by atoms with Gasteiger partial charge in [0, 0.05) is 6.61 Å². The van der Waals surface area contributed by atoms with Gasteiger partial charge in [-0.15, -0.1) is 0 Å². The van der Waals surface area contributed by atoms with Gasteiger partial charge in [-0.2, -0.15) is 8.78 Å². The van der Waals surface area contributed by atoms with Crippen LogP contribution >= 0.6 is 0 Å². The van der Waals surface area contributed by atoms with Crippen LogP contribution in [-0.4, -0.2) is 31.7 Å². The zero-order valence-corrected chi connectivity index (χ0v) is 7.39. The van der Waals surface area contributed by atoms with Gasteiger partial charge in [0.25, 0.3) is 0 Å². The Morgan fingerprint density at radius 1 is 1.54 bits per heavy atom. The van der Waals surface area contributed by atoms with E-state index in [1.165, 1.54) is 0 Å². The van der Waals surface area contributed by atoms with Crippen molar-refractivity contribution in [2.45, 2.75) is 31.3 Å². The predicted molar refractivity (Wildman–Crippen MR) is 40.6 cm³/mol. The summed E-state index contributed by atoms with van der Waals surface area (Å²) in [5.74, 6) is -5.02. The molecule has 1 unspecified atom stereocenters. The molecule has 1 rings (SSSR count). The smallest absolute Gasteiger partial charge is 0.379 e. The largest absolute Gasteiger partial charge is 0.465 e. The molecule has 0 aromatic heterocycles. The molecule has 0 bridgehead atoms. The van der Waals surface area contributed by atoms with Crippen LogP contribution in [-0.2, 0) is 14.3 Å². The lowest BCUT2D eigenvalue weighted by molar-refractivity contribution is -0.197. The highest BCUT2D eigenvalue weighted by molar-refractivity contribution is 5.78. The van der Waals surface area contributed by atoms with Crippen LogP contribution in [0.15, 0.2) is 0 Å². The molecule has 0 N–H and O–H groups in total. The fourth-order valence-corrected chi connectivity index (χ4v) is 1.29. The number of hydrogen-bond donors (Lipinski definition) is 0.